The Morgan fingerprint density at radius 3 is 2.33 bits per heavy atom. The Bertz CT molecular complexity index is 1050. The van der Waals surface area contributed by atoms with Gasteiger partial charge in [-0.3, -0.25) is 14.9 Å². The number of benzene rings is 1. The molecule has 3 rings (SSSR count). The molecule has 2 amide bonds. The number of rotatable bonds is 7. The lowest BCUT2D eigenvalue weighted by molar-refractivity contribution is -0.144. The number of aliphatic hydroxyl groups excluding tert-OH is 2. The monoisotopic (exact) mass is 516 g/mol. The molecule has 0 aliphatic carbocycles. The van der Waals surface area contributed by atoms with Gasteiger partial charge in [0.05, 0.1) is 28.2 Å². The van der Waals surface area contributed by atoms with E-state index in [-0.39, 0.29) is 24.8 Å². The third kappa shape index (κ3) is 6.70. The maximum absolute atomic E-state index is 13.6. The molecule has 1 fully saturated rings. The largest absolute Gasteiger partial charge is 0.391 e. The van der Waals surface area contributed by atoms with Crippen molar-refractivity contribution in [1.29, 1.82) is 0 Å². The maximum Gasteiger partial charge on any atom is 0.246 e. The maximum atomic E-state index is 13.6. The zero-order valence-electron chi connectivity index (χ0n) is 22.3. The third-order valence-electron chi connectivity index (χ3n) is 6.52. The van der Waals surface area contributed by atoms with E-state index in [4.69, 9.17) is 0 Å². The molecule has 9 heteroatoms. The minimum absolute atomic E-state index is 0.114. The van der Waals surface area contributed by atoms with E-state index < -0.39 is 35.2 Å². The fraction of sp³-hybridized carbons (Fsp3) is 0.593. The van der Waals surface area contributed by atoms with E-state index in [1.807, 2.05) is 57.5 Å². The molecule has 4 atom stereocenters. The van der Waals surface area contributed by atoms with Gasteiger partial charge in [0.2, 0.25) is 11.8 Å². The second-order valence-corrected chi connectivity index (χ2v) is 12.6. The summed E-state index contributed by atoms with van der Waals surface area (Å²) in [6.07, 6.45) is -1.52. The summed E-state index contributed by atoms with van der Waals surface area (Å²) in [5.41, 5.74) is 3.72. The quantitative estimate of drug-likeness (QED) is 0.421. The van der Waals surface area contributed by atoms with Crippen LogP contribution >= 0.6 is 11.3 Å². The van der Waals surface area contributed by atoms with E-state index in [9.17, 15) is 19.8 Å². The van der Waals surface area contributed by atoms with E-state index in [1.54, 1.807) is 32.1 Å². The van der Waals surface area contributed by atoms with E-state index in [2.05, 4.69) is 15.6 Å². The second kappa shape index (κ2) is 11.0. The average molecular weight is 517 g/mol. The summed E-state index contributed by atoms with van der Waals surface area (Å²) < 4.78 is 0. The van der Waals surface area contributed by atoms with E-state index in [0.717, 1.165) is 21.7 Å². The molecule has 2 aromatic rings. The molecule has 0 radical (unpaired) electrons. The number of aryl methyl sites for hydroxylation is 1. The minimum atomic E-state index is -1.03. The number of aliphatic hydroxyl groups is 2. The number of β-amino-alcohol motifs (C(OH)–C–C–N with tert-alkyl or cyclic N) is 1. The highest BCUT2D eigenvalue weighted by Gasteiger charge is 2.44. The average Bonchev–Trinajstić information content (AvgIpc) is 3.39. The van der Waals surface area contributed by atoms with Crippen LogP contribution in [0.15, 0.2) is 29.8 Å². The molecule has 36 heavy (non-hydrogen) atoms. The molecule has 1 saturated heterocycles. The van der Waals surface area contributed by atoms with Crippen LogP contribution in [0.3, 0.4) is 0 Å². The third-order valence-corrected chi connectivity index (χ3v) is 7.49. The highest BCUT2D eigenvalue weighted by molar-refractivity contribution is 7.13. The van der Waals surface area contributed by atoms with Gasteiger partial charge in [-0.25, -0.2) is 4.98 Å². The summed E-state index contributed by atoms with van der Waals surface area (Å²) in [6, 6.07) is 6.67. The number of carbonyl (C=O) groups is 2. The van der Waals surface area contributed by atoms with E-state index in [0.29, 0.717) is 6.54 Å². The molecule has 1 aliphatic rings. The number of nitrogens with zero attached hydrogens (tertiary/aromatic N) is 2. The number of hydrogen-bond donors (Lipinski definition) is 4. The van der Waals surface area contributed by atoms with Gasteiger partial charge in [-0.2, -0.15) is 0 Å². The lowest BCUT2D eigenvalue weighted by atomic mass is 9.84. The molecule has 2 heterocycles. The van der Waals surface area contributed by atoms with Crippen molar-refractivity contribution in [2.45, 2.75) is 85.8 Å². The number of nitrogens with one attached hydrogen (secondary N) is 2. The summed E-state index contributed by atoms with van der Waals surface area (Å²) in [7, 11) is 0. The SMILES string of the molecule is Cc1ncsc1-c1ccc(CNC(O)C2CC(O)CN2C(=O)C(NC(=O)C(C)(C)C)C(C)(C)C)cc1. The van der Waals surface area contributed by atoms with Gasteiger partial charge in [0.1, 0.15) is 12.3 Å². The number of likely N-dealkylation sites (tertiary alicyclic amines) is 1. The molecule has 1 aliphatic heterocycles. The van der Waals surface area contributed by atoms with Gasteiger partial charge in [0.15, 0.2) is 0 Å². The Hall–Kier alpha value is -2.33. The first-order valence-electron chi connectivity index (χ1n) is 12.4. The molecule has 0 bridgehead atoms. The molecule has 0 saturated carbocycles. The van der Waals surface area contributed by atoms with Crippen molar-refractivity contribution in [3.05, 3.63) is 41.0 Å². The number of thiazole rings is 1. The fourth-order valence-electron chi connectivity index (χ4n) is 4.27. The van der Waals surface area contributed by atoms with Crippen LogP contribution < -0.4 is 10.6 Å². The second-order valence-electron chi connectivity index (χ2n) is 11.8. The lowest BCUT2D eigenvalue weighted by Crippen LogP contribution is -2.59. The van der Waals surface area contributed by atoms with Crippen LogP contribution in [0.2, 0.25) is 0 Å². The Balaban J connectivity index is 1.69. The molecular formula is C27H40N4O4S. The van der Waals surface area contributed by atoms with Crippen molar-refractivity contribution in [3.8, 4) is 10.4 Å². The van der Waals surface area contributed by atoms with Gasteiger partial charge in [-0.05, 0) is 29.9 Å². The lowest BCUT2D eigenvalue weighted by Gasteiger charge is -2.38. The van der Waals surface area contributed by atoms with Crippen LogP contribution in [0.4, 0.5) is 0 Å². The topological polar surface area (TPSA) is 115 Å². The van der Waals surface area contributed by atoms with Gasteiger partial charge < -0.3 is 20.4 Å². The molecule has 4 N–H and O–H groups in total. The van der Waals surface area contributed by atoms with Crippen LogP contribution in [0.1, 0.15) is 59.2 Å². The van der Waals surface area contributed by atoms with Crippen molar-refractivity contribution in [3.63, 3.8) is 0 Å². The molecule has 0 spiro atoms. The molecule has 1 aromatic carbocycles. The summed E-state index contributed by atoms with van der Waals surface area (Å²) in [4.78, 5) is 33.3. The standard InChI is InChI=1S/C27H40N4O4S/c1-16-21(36-15-29-16)18-10-8-17(9-11-18)13-28-23(33)20-12-19(32)14-31(20)24(34)22(26(2,3)4)30-25(35)27(5,6)7/h8-11,15,19-20,22-23,28,32-33H,12-14H2,1-7H3,(H,30,35). The Kier molecular flexibility index (Phi) is 8.60. The Morgan fingerprint density at radius 1 is 1.17 bits per heavy atom. The Morgan fingerprint density at radius 2 is 1.81 bits per heavy atom. The van der Waals surface area contributed by atoms with Crippen molar-refractivity contribution in [2.24, 2.45) is 10.8 Å². The highest BCUT2D eigenvalue weighted by atomic mass is 32.1. The van der Waals surface area contributed by atoms with Gasteiger partial charge in [0, 0.05) is 18.5 Å². The zero-order valence-corrected chi connectivity index (χ0v) is 23.1. The van der Waals surface area contributed by atoms with Crippen LogP contribution in [0.5, 0.6) is 0 Å². The summed E-state index contributed by atoms with van der Waals surface area (Å²) in [5, 5.41) is 27.4. The summed E-state index contributed by atoms with van der Waals surface area (Å²) in [5.74, 6) is -0.519. The zero-order chi connectivity index (χ0) is 26.8. The first-order valence-corrected chi connectivity index (χ1v) is 13.3. The summed E-state index contributed by atoms with van der Waals surface area (Å²) >= 11 is 1.60. The highest BCUT2D eigenvalue weighted by Crippen LogP contribution is 2.29. The normalized spacial score (nSPS) is 20.3. The number of hydrogen-bond acceptors (Lipinski definition) is 7. The van der Waals surface area contributed by atoms with Crippen LogP contribution in [-0.4, -0.2) is 62.9 Å². The van der Waals surface area contributed by atoms with Crippen LogP contribution in [0.25, 0.3) is 10.4 Å². The number of aromatic nitrogens is 1. The van der Waals surface area contributed by atoms with Gasteiger partial charge in [-0.1, -0.05) is 65.8 Å². The smallest absolute Gasteiger partial charge is 0.246 e. The van der Waals surface area contributed by atoms with Crippen molar-refractivity contribution < 1.29 is 19.8 Å². The van der Waals surface area contributed by atoms with Gasteiger partial charge in [-0.15, -0.1) is 11.3 Å². The molecule has 1 aromatic heterocycles. The molecular weight excluding hydrogens is 476 g/mol. The van der Waals surface area contributed by atoms with E-state index >= 15 is 0 Å². The number of amides is 2. The predicted octanol–water partition coefficient (Wildman–Crippen LogP) is 3.07. The minimum Gasteiger partial charge on any atom is -0.391 e. The number of carbonyl (C=O) groups excluding carboxylic acids is 2. The first-order chi connectivity index (χ1) is 16.7. The predicted molar refractivity (Wildman–Crippen MR) is 142 cm³/mol. The molecule has 4 unspecified atom stereocenters. The van der Waals surface area contributed by atoms with Crippen molar-refractivity contribution in [2.75, 3.05) is 6.54 Å². The molecule has 8 nitrogen and oxygen atoms in total. The van der Waals surface area contributed by atoms with Crippen molar-refractivity contribution in [1.82, 2.24) is 20.5 Å². The summed E-state index contributed by atoms with van der Waals surface area (Å²) in [6.45, 7) is 13.6. The van der Waals surface area contributed by atoms with Crippen LogP contribution in [0, 0.1) is 17.8 Å². The van der Waals surface area contributed by atoms with Gasteiger partial charge >= 0.3 is 0 Å². The first kappa shape index (κ1) is 28.2. The molecule has 198 valence electrons. The van der Waals surface area contributed by atoms with Crippen LogP contribution in [-0.2, 0) is 16.1 Å². The Labute approximate surface area is 218 Å². The van der Waals surface area contributed by atoms with Gasteiger partial charge in [0.25, 0.3) is 0 Å². The van der Waals surface area contributed by atoms with Crippen molar-refractivity contribution >= 4 is 23.2 Å². The fourth-order valence-corrected chi connectivity index (χ4v) is 5.08. The van der Waals surface area contributed by atoms with E-state index in [1.165, 1.54) is 4.90 Å².